The van der Waals surface area contributed by atoms with Gasteiger partial charge in [-0.15, -0.1) is 0 Å². The third-order valence-corrected chi connectivity index (χ3v) is 3.44. The Morgan fingerprint density at radius 2 is 2.30 bits per heavy atom. The van der Waals surface area contributed by atoms with Crippen LogP contribution in [0.1, 0.15) is 17.0 Å². The Morgan fingerprint density at radius 3 is 2.95 bits per heavy atom. The zero-order chi connectivity index (χ0) is 14.5. The molecule has 102 valence electrons. The second-order valence-corrected chi connectivity index (χ2v) is 5.08. The van der Waals surface area contributed by atoms with Crippen LogP contribution in [0.25, 0.3) is 0 Å². The van der Waals surface area contributed by atoms with E-state index in [0.717, 1.165) is 11.5 Å². The van der Waals surface area contributed by atoms with Gasteiger partial charge in [-0.1, -0.05) is 17.8 Å². The van der Waals surface area contributed by atoms with Crippen LogP contribution in [0.3, 0.4) is 0 Å². The van der Waals surface area contributed by atoms with Gasteiger partial charge in [-0.05, 0) is 32.0 Å². The number of nitrogens with zero attached hydrogens (tertiary/aromatic N) is 2. The van der Waals surface area contributed by atoms with Gasteiger partial charge in [-0.3, -0.25) is 4.79 Å². The Balaban J connectivity index is 1.91. The molecule has 2 aromatic rings. The summed E-state index contributed by atoms with van der Waals surface area (Å²) in [5.74, 6) is 0.795. The summed E-state index contributed by atoms with van der Waals surface area (Å²) in [6, 6.07) is 8.80. The zero-order valence-corrected chi connectivity index (χ0v) is 12.0. The topological polar surface area (TPSA) is 78.9 Å². The minimum atomic E-state index is -0.168. The zero-order valence-electron chi connectivity index (χ0n) is 11.1. The van der Waals surface area contributed by atoms with Crippen molar-refractivity contribution in [1.82, 2.24) is 4.98 Å². The van der Waals surface area contributed by atoms with Crippen LogP contribution in [0, 0.1) is 25.2 Å². The molecule has 1 heterocycles. The molecule has 0 saturated heterocycles. The highest BCUT2D eigenvalue weighted by Gasteiger charge is 2.09. The quantitative estimate of drug-likeness (QED) is 0.875. The number of oxazole rings is 1. The van der Waals surface area contributed by atoms with Crippen molar-refractivity contribution in [2.24, 2.45) is 0 Å². The Bertz CT molecular complexity index is 654. The van der Waals surface area contributed by atoms with Gasteiger partial charge in [0.25, 0.3) is 5.22 Å². The van der Waals surface area contributed by atoms with Gasteiger partial charge in [0.2, 0.25) is 5.91 Å². The largest absolute Gasteiger partial charge is 0.437 e. The van der Waals surface area contributed by atoms with E-state index in [1.807, 2.05) is 19.9 Å². The number of hydrogen-bond acceptors (Lipinski definition) is 5. The summed E-state index contributed by atoms with van der Waals surface area (Å²) in [5.41, 5.74) is 1.94. The molecular weight excluding hydrogens is 274 g/mol. The molecule has 0 aliphatic carbocycles. The number of carbonyl (C=O) groups excluding carboxylic acids is 1. The number of nitriles is 1. The molecule has 0 bridgehead atoms. The standard InChI is InChI=1S/C14H13N3O2S/c1-9-10(2)19-14(16-9)20-8-13(18)17-12-5-3-4-11(6-12)7-15/h3-6H,8H2,1-2H3,(H,17,18). The van der Waals surface area contributed by atoms with E-state index in [0.29, 0.717) is 16.5 Å². The van der Waals surface area contributed by atoms with Crippen molar-refractivity contribution in [1.29, 1.82) is 5.26 Å². The van der Waals surface area contributed by atoms with E-state index in [9.17, 15) is 4.79 Å². The lowest BCUT2D eigenvalue weighted by molar-refractivity contribution is -0.113. The number of carbonyl (C=O) groups is 1. The predicted octanol–water partition coefficient (Wildman–Crippen LogP) is 2.89. The fraction of sp³-hybridized carbons (Fsp3) is 0.214. The molecule has 0 fully saturated rings. The van der Waals surface area contributed by atoms with Crippen molar-refractivity contribution in [3.05, 3.63) is 41.3 Å². The summed E-state index contributed by atoms with van der Waals surface area (Å²) in [6.45, 7) is 3.69. The maximum Gasteiger partial charge on any atom is 0.256 e. The van der Waals surface area contributed by atoms with E-state index >= 15 is 0 Å². The van der Waals surface area contributed by atoms with Gasteiger partial charge in [0.15, 0.2) is 0 Å². The first-order valence-corrected chi connectivity index (χ1v) is 6.94. The molecule has 20 heavy (non-hydrogen) atoms. The van der Waals surface area contributed by atoms with Gasteiger partial charge in [0.1, 0.15) is 5.76 Å². The van der Waals surface area contributed by atoms with E-state index in [4.69, 9.17) is 9.68 Å². The Morgan fingerprint density at radius 1 is 1.50 bits per heavy atom. The summed E-state index contributed by atoms with van der Waals surface area (Å²) in [7, 11) is 0. The maximum atomic E-state index is 11.8. The first-order valence-electron chi connectivity index (χ1n) is 5.95. The highest BCUT2D eigenvalue weighted by molar-refractivity contribution is 7.99. The molecule has 1 aromatic heterocycles. The number of aryl methyl sites for hydroxylation is 2. The molecule has 0 saturated carbocycles. The fourth-order valence-corrected chi connectivity index (χ4v) is 2.21. The minimum absolute atomic E-state index is 0.168. The molecule has 2 rings (SSSR count). The van der Waals surface area contributed by atoms with Gasteiger partial charge in [0.05, 0.1) is 23.1 Å². The van der Waals surface area contributed by atoms with Crippen molar-refractivity contribution in [2.45, 2.75) is 19.1 Å². The molecule has 0 aliphatic rings. The smallest absolute Gasteiger partial charge is 0.256 e. The first-order chi connectivity index (χ1) is 9.58. The second kappa shape index (κ2) is 6.26. The van der Waals surface area contributed by atoms with Gasteiger partial charge in [-0.2, -0.15) is 5.26 Å². The molecule has 0 atom stereocenters. The van der Waals surface area contributed by atoms with Crippen LogP contribution >= 0.6 is 11.8 Å². The van der Waals surface area contributed by atoms with Crippen molar-refractivity contribution < 1.29 is 9.21 Å². The molecule has 0 spiro atoms. The molecule has 1 aromatic carbocycles. The summed E-state index contributed by atoms with van der Waals surface area (Å²) in [5, 5.41) is 12.0. The lowest BCUT2D eigenvalue weighted by atomic mass is 10.2. The average molecular weight is 287 g/mol. The molecule has 0 unspecified atom stereocenters. The fourth-order valence-electron chi connectivity index (χ4n) is 1.50. The van der Waals surface area contributed by atoms with E-state index in [1.165, 1.54) is 11.8 Å². The lowest BCUT2D eigenvalue weighted by Gasteiger charge is -2.03. The van der Waals surface area contributed by atoms with Crippen molar-refractivity contribution in [3.8, 4) is 6.07 Å². The molecule has 0 radical (unpaired) electrons. The van der Waals surface area contributed by atoms with E-state index in [1.54, 1.807) is 24.3 Å². The number of aromatic nitrogens is 1. The summed E-state index contributed by atoms with van der Waals surface area (Å²) < 4.78 is 5.38. The number of nitrogens with one attached hydrogen (secondary N) is 1. The number of hydrogen-bond donors (Lipinski definition) is 1. The average Bonchev–Trinajstić information content (AvgIpc) is 2.76. The third kappa shape index (κ3) is 3.62. The van der Waals surface area contributed by atoms with E-state index < -0.39 is 0 Å². The molecule has 1 amide bonds. The van der Waals surface area contributed by atoms with Crippen LogP contribution in [0.2, 0.25) is 0 Å². The number of rotatable bonds is 4. The van der Waals surface area contributed by atoms with E-state index in [-0.39, 0.29) is 11.7 Å². The summed E-state index contributed by atoms with van der Waals surface area (Å²) in [4.78, 5) is 16.0. The Kier molecular flexibility index (Phi) is 4.43. The highest BCUT2D eigenvalue weighted by Crippen LogP contribution is 2.20. The second-order valence-electron chi connectivity index (χ2n) is 4.15. The first kappa shape index (κ1) is 14.2. The third-order valence-electron chi connectivity index (χ3n) is 2.61. The number of benzene rings is 1. The van der Waals surface area contributed by atoms with Gasteiger partial charge in [-0.25, -0.2) is 4.98 Å². The molecule has 6 heteroatoms. The molecule has 5 nitrogen and oxygen atoms in total. The summed E-state index contributed by atoms with van der Waals surface area (Å²) >= 11 is 1.24. The number of anilines is 1. The molecular formula is C14H13N3O2S. The lowest BCUT2D eigenvalue weighted by Crippen LogP contribution is -2.14. The van der Waals surface area contributed by atoms with Crippen molar-refractivity contribution in [3.63, 3.8) is 0 Å². The Hall–Kier alpha value is -2.26. The molecule has 1 N–H and O–H groups in total. The van der Waals surface area contributed by atoms with Gasteiger partial charge < -0.3 is 9.73 Å². The number of thioether (sulfide) groups is 1. The maximum absolute atomic E-state index is 11.8. The monoisotopic (exact) mass is 287 g/mol. The van der Waals surface area contributed by atoms with Crippen molar-refractivity contribution >= 4 is 23.4 Å². The van der Waals surface area contributed by atoms with Crippen LogP contribution in [0.15, 0.2) is 33.9 Å². The van der Waals surface area contributed by atoms with Crippen LogP contribution in [-0.2, 0) is 4.79 Å². The van der Waals surface area contributed by atoms with Crippen LogP contribution < -0.4 is 5.32 Å². The highest BCUT2D eigenvalue weighted by atomic mass is 32.2. The number of amides is 1. The predicted molar refractivity (Wildman–Crippen MR) is 76.5 cm³/mol. The Labute approximate surface area is 121 Å². The van der Waals surface area contributed by atoms with Gasteiger partial charge in [0, 0.05) is 5.69 Å². The normalized spacial score (nSPS) is 10.1. The van der Waals surface area contributed by atoms with E-state index in [2.05, 4.69) is 10.3 Å². The van der Waals surface area contributed by atoms with Gasteiger partial charge >= 0.3 is 0 Å². The minimum Gasteiger partial charge on any atom is -0.437 e. The summed E-state index contributed by atoms with van der Waals surface area (Å²) in [6.07, 6.45) is 0. The SMILES string of the molecule is Cc1nc(SCC(=O)Nc2cccc(C#N)c2)oc1C. The molecule has 0 aliphatic heterocycles. The van der Waals surface area contributed by atoms with Crippen LogP contribution in [0.5, 0.6) is 0 Å². The van der Waals surface area contributed by atoms with Crippen LogP contribution in [-0.4, -0.2) is 16.6 Å². The van der Waals surface area contributed by atoms with Crippen molar-refractivity contribution in [2.75, 3.05) is 11.1 Å². The van der Waals surface area contributed by atoms with Crippen LogP contribution in [0.4, 0.5) is 5.69 Å².